The Kier molecular flexibility index (Phi) is 5.43. The summed E-state index contributed by atoms with van der Waals surface area (Å²) in [6.07, 6.45) is 8.88. The first kappa shape index (κ1) is 16.4. The minimum atomic E-state index is -0.160. The van der Waals surface area contributed by atoms with E-state index >= 15 is 0 Å². The van der Waals surface area contributed by atoms with Gasteiger partial charge < -0.3 is 15.3 Å². The Morgan fingerprint density at radius 3 is 2.88 bits per heavy atom. The van der Waals surface area contributed by atoms with Crippen LogP contribution in [-0.4, -0.2) is 50.2 Å². The number of rotatable bonds is 5. The molecule has 0 unspecified atom stereocenters. The summed E-state index contributed by atoms with van der Waals surface area (Å²) >= 11 is 0. The Bertz CT molecular complexity index is 653. The average Bonchev–Trinajstić information content (AvgIpc) is 3.15. The number of benzene rings is 1. The van der Waals surface area contributed by atoms with Crippen LogP contribution in [0.1, 0.15) is 32.1 Å². The molecular formula is C17H23N5O2. The SMILES string of the molecule is O=C(Nc1cccc(-n2ccnn2)c1)N(CCO)C1CCCCC1. The van der Waals surface area contributed by atoms with Gasteiger partial charge in [0.2, 0.25) is 0 Å². The van der Waals surface area contributed by atoms with E-state index in [0.717, 1.165) is 31.4 Å². The number of carbonyl (C=O) groups excluding carboxylic acids is 1. The lowest BCUT2D eigenvalue weighted by Crippen LogP contribution is -2.45. The molecule has 3 rings (SSSR count). The van der Waals surface area contributed by atoms with E-state index in [0.29, 0.717) is 12.2 Å². The molecule has 7 heteroatoms. The fraction of sp³-hybridized carbons (Fsp3) is 0.471. The Balaban J connectivity index is 1.71. The minimum absolute atomic E-state index is 0.0249. The standard InChI is InChI=1S/C17H23N5O2/c23-12-11-21(15-6-2-1-3-7-15)17(24)19-14-5-4-8-16(13-14)22-10-9-18-20-22/h4-5,8-10,13,15,23H,1-3,6-7,11-12H2,(H,19,24). The topological polar surface area (TPSA) is 83.3 Å². The number of aromatic nitrogens is 3. The lowest BCUT2D eigenvalue weighted by atomic mass is 9.94. The van der Waals surface area contributed by atoms with Gasteiger partial charge in [-0.3, -0.25) is 0 Å². The van der Waals surface area contributed by atoms with Crippen molar-refractivity contribution in [2.45, 2.75) is 38.1 Å². The second-order valence-electron chi connectivity index (χ2n) is 6.04. The summed E-state index contributed by atoms with van der Waals surface area (Å²) in [4.78, 5) is 14.4. The van der Waals surface area contributed by atoms with Gasteiger partial charge in [-0.15, -0.1) is 5.10 Å². The van der Waals surface area contributed by atoms with Crippen LogP contribution in [0.2, 0.25) is 0 Å². The van der Waals surface area contributed by atoms with Crippen molar-refractivity contribution in [1.29, 1.82) is 0 Å². The third-order valence-corrected chi connectivity index (χ3v) is 4.40. The highest BCUT2D eigenvalue weighted by Crippen LogP contribution is 2.23. The fourth-order valence-electron chi connectivity index (χ4n) is 3.22. The van der Waals surface area contributed by atoms with E-state index in [1.807, 2.05) is 24.3 Å². The molecule has 1 aliphatic carbocycles. The minimum Gasteiger partial charge on any atom is -0.395 e. The lowest BCUT2D eigenvalue weighted by Gasteiger charge is -2.34. The van der Waals surface area contributed by atoms with Crippen molar-refractivity contribution in [2.24, 2.45) is 0 Å². The maximum Gasteiger partial charge on any atom is 0.322 e. The molecule has 0 spiro atoms. The third-order valence-electron chi connectivity index (χ3n) is 4.40. The van der Waals surface area contributed by atoms with E-state index in [1.165, 1.54) is 6.42 Å². The number of aliphatic hydroxyl groups is 1. The highest BCUT2D eigenvalue weighted by atomic mass is 16.3. The molecule has 0 bridgehead atoms. The van der Waals surface area contributed by atoms with Crippen LogP contribution in [-0.2, 0) is 0 Å². The molecule has 1 fully saturated rings. The van der Waals surface area contributed by atoms with Crippen LogP contribution >= 0.6 is 0 Å². The zero-order valence-electron chi connectivity index (χ0n) is 13.6. The molecule has 2 amide bonds. The number of hydrogen-bond donors (Lipinski definition) is 2. The molecule has 2 N–H and O–H groups in total. The first-order valence-electron chi connectivity index (χ1n) is 8.43. The number of hydrogen-bond acceptors (Lipinski definition) is 4. The van der Waals surface area contributed by atoms with Crippen LogP contribution in [0.25, 0.3) is 5.69 Å². The Labute approximate surface area is 141 Å². The smallest absolute Gasteiger partial charge is 0.322 e. The van der Waals surface area contributed by atoms with Crippen LogP contribution in [0, 0.1) is 0 Å². The molecule has 1 aliphatic rings. The van der Waals surface area contributed by atoms with Crippen LogP contribution in [0.5, 0.6) is 0 Å². The molecule has 1 aromatic carbocycles. The predicted molar refractivity (Wildman–Crippen MR) is 91.0 cm³/mol. The van der Waals surface area contributed by atoms with Crippen molar-refractivity contribution in [3.63, 3.8) is 0 Å². The van der Waals surface area contributed by atoms with Gasteiger partial charge in [-0.2, -0.15) is 0 Å². The quantitative estimate of drug-likeness (QED) is 0.882. The zero-order chi connectivity index (χ0) is 16.8. The number of carbonyl (C=O) groups is 1. The van der Waals surface area contributed by atoms with Gasteiger partial charge in [0, 0.05) is 18.3 Å². The summed E-state index contributed by atoms with van der Waals surface area (Å²) in [6.45, 7) is 0.335. The number of nitrogens with zero attached hydrogens (tertiary/aromatic N) is 4. The van der Waals surface area contributed by atoms with Crippen molar-refractivity contribution in [1.82, 2.24) is 19.9 Å². The van der Waals surface area contributed by atoms with E-state index < -0.39 is 0 Å². The van der Waals surface area contributed by atoms with E-state index in [4.69, 9.17) is 0 Å². The van der Waals surface area contributed by atoms with Gasteiger partial charge in [-0.05, 0) is 31.0 Å². The van der Waals surface area contributed by atoms with Crippen molar-refractivity contribution >= 4 is 11.7 Å². The van der Waals surface area contributed by atoms with Crippen molar-refractivity contribution < 1.29 is 9.90 Å². The molecule has 7 nitrogen and oxygen atoms in total. The Morgan fingerprint density at radius 1 is 1.33 bits per heavy atom. The van der Waals surface area contributed by atoms with Crippen LogP contribution in [0.3, 0.4) is 0 Å². The number of aliphatic hydroxyl groups excluding tert-OH is 1. The summed E-state index contributed by atoms with van der Waals surface area (Å²) in [5.74, 6) is 0. The van der Waals surface area contributed by atoms with Crippen LogP contribution in [0.15, 0.2) is 36.7 Å². The van der Waals surface area contributed by atoms with Crippen molar-refractivity contribution in [2.75, 3.05) is 18.5 Å². The maximum absolute atomic E-state index is 12.7. The number of urea groups is 1. The van der Waals surface area contributed by atoms with Crippen LogP contribution in [0.4, 0.5) is 10.5 Å². The van der Waals surface area contributed by atoms with Gasteiger partial charge in [0.15, 0.2) is 0 Å². The van der Waals surface area contributed by atoms with E-state index in [9.17, 15) is 9.90 Å². The summed E-state index contributed by atoms with van der Waals surface area (Å²) < 4.78 is 1.64. The van der Waals surface area contributed by atoms with E-state index in [-0.39, 0.29) is 18.7 Å². The van der Waals surface area contributed by atoms with Gasteiger partial charge in [0.1, 0.15) is 0 Å². The first-order chi connectivity index (χ1) is 11.8. The average molecular weight is 329 g/mol. The van der Waals surface area contributed by atoms with Gasteiger partial charge in [-0.25, -0.2) is 9.48 Å². The highest BCUT2D eigenvalue weighted by Gasteiger charge is 2.25. The van der Waals surface area contributed by atoms with E-state index in [1.54, 1.807) is 22.0 Å². The predicted octanol–water partition coefficient (Wildman–Crippen LogP) is 2.43. The Hall–Kier alpha value is -2.41. The van der Waals surface area contributed by atoms with Crippen LogP contribution < -0.4 is 5.32 Å². The molecule has 1 saturated carbocycles. The summed E-state index contributed by atoms with van der Waals surface area (Å²) in [5.41, 5.74) is 1.53. The van der Waals surface area contributed by atoms with Gasteiger partial charge in [0.05, 0.1) is 24.7 Å². The van der Waals surface area contributed by atoms with Gasteiger partial charge in [0.25, 0.3) is 0 Å². The second kappa shape index (κ2) is 7.92. The third kappa shape index (κ3) is 3.91. The molecule has 24 heavy (non-hydrogen) atoms. The summed E-state index contributed by atoms with van der Waals surface area (Å²) in [6, 6.07) is 7.51. The van der Waals surface area contributed by atoms with Gasteiger partial charge in [-0.1, -0.05) is 30.5 Å². The largest absolute Gasteiger partial charge is 0.395 e. The lowest BCUT2D eigenvalue weighted by molar-refractivity contribution is 0.144. The van der Waals surface area contributed by atoms with Gasteiger partial charge >= 0.3 is 6.03 Å². The first-order valence-corrected chi connectivity index (χ1v) is 8.43. The molecule has 0 saturated heterocycles. The molecule has 0 radical (unpaired) electrons. The Morgan fingerprint density at radius 2 is 2.17 bits per heavy atom. The molecule has 1 aromatic heterocycles. The molecular weight excluding hydrogens is 306 g/mol. The molecule has 0 atom stereocenters. The number of nitrogens with one attached hydrogen (secondary N) is 1. The number of amides is 2. The fourth-order valence-corrected chi connectivity index (χ4v) is 3.22. The van der Waals surface area contributed by atoms with E-state index in [2.05, 4.69) is 15.6 Å². The summed E-state index contributed by atoms with van der Waals surface area (Å²) in [7, 11) is 0. The highest BCUT2D eigenvalue weighted by molar-refractivity contribution is 5.89. The molecule has 1 heterocycles. The molecule has 128 valence electrons. The maximum atomic E-state index is 12.7. The zero-order valence-corrected chi connectivity index (χ0v) is 13.6. The monoisotopic (exact) mass is 329 g/mol. The molecule has 2 aromatic rings. The summed E-state index contributed by atoms with van der Waals surface area (Å²) in [5, 5.41) is 20.0. The van der Waals surface area contributed by atoms with Crippen molar-refractivity contribution in [3.05, 3.63) is 36.7 Å². The normalized spacial score (nSPS) is 15.2. The number of anilines is 1. The van der Waals surface area contributed by atoms with Crippen molar-refractivity contribution in [3.8, 4) is 5.69 Å². The second-order valence-corrected chi connectivity index (χ2v) is 6.04. The molecule has 0 aliphatic heterocycles.